The lowest BCUT2D eigenvalue weighted by atomic mass is 10.1. The maximum absolute atomic E-state index is 12.8. The Balaban J connectivity index is 0.883. The molecule has 0 heterocycles. The highest BCUT2D eigenvalue weighted by atomic mass is 16.5. The number of benzene rings is 7. The Morgan fingerprint density at radius 1 is 0.387 bits per heavy atom. The highest BCUT2D eigenvalue weighted by Crippen LogP contribution is 2.32. The fourth-order valence-corrected chi connectivity index (χ4v) is 6.18. The van der Waals surface area contributed by atoms with Crippen molar-refractivity contribution in [2.45, 2.75) is 32.8 Å². The maximum atomic E-state index is 12.8. The van der Waals surface area contributed by atoms with Crippen LogP contribution in [0.3, 0.4) is 0 Å². The molecular formula is C54H46O8. The topological polar surface area (TPSA) is 89.5 Å². The van der Waals surface area contributed by atoms with E-state index in [0.717, 1.165) is 38.9 Å². The first-order valence-electron chi connectivity index (χ1n) is 20.3. The Morgan fingerprint density at radius 2 is 0.774 bits per heavy atom. The summed E-state index contributed by atoms with van der Waals surface area (Å²) < 4.78 is 35.6. The van der Waals surface area contributed by atoms with Crippen molar-refractivity contribution >= 4 is 24.1 Å². The smallest absolute Gasteiger partial charge is 0.336 e. The minimum atomic E-state index is -0.529. The molecule has 0 unspecified atom stereocenters. The lowest BCUT2D eigenvalue weighted by Crippen LogP contribution is -2.05. The van der Waals surface area contributed by atoms with Gasteiger partial charge in [0.05, 0.1) is 6.61 Å². The van der Waals surface area contributed by atoms with E-state index < -0.39 is 11.9 Å². The number of esters is 2. The second-order valence-electron chi connectivity index (χ2n) is 14.2. The fourth-order valence-electron chi connectivity index (χ4n) is 6.18. The van der Waals surface area contributed by atoms with Crippen molar-refractivity contribution in [3.05, 3.63) is 233 Å². The molecule has 0 bridgehead atoms. The number of carbonyl (C=O) groups excluding carboxylic acids is 2. The monoisotopic (exact) mass is 822 g/mol. The molecule has 0 aliphatic rings. The van der Waals surface area contributed by atoms with Crippen LogP contribution in [0.4, 0.5) is 0 Å². The summed E-state index contributed by atoms with van der Waals surface area (Å²) in [5, 5.41) is 0. The van der Waals surface area contributed by atoms with Gasteiger partial charge in [-0.1, -0.05) is 146 Å². The van der Waals surface area contributed by atoms with Crippen LogP contribution < -0.4 is 23.7 Å². The molecule has 0 saturated heterocycles. The molecule has 0 amide bonds. The minimum absolute atomic E-state index is 0.176. The molecule has 62 heavy (non-hydrogen) atoms. The highest BCUT2D eigenvalue weighted by molar-refractivity contribution is 5.89. The molecule has 8 heteroatoms. The number of hydrogen-bond acceptors (Lipinski definition) is 8. The zero-order valence-corrected chi connectivity index (χ0v) is 34.1. The Labute approximate surface area is 362 Å². The van der Waals surface area contributed by atoms with Crippen LogP contribution in [0.5, 0.6) is 28.7 Å². The standard InChI is InChI=1S/C54H46O8/c55-53(31-25-42-23-29-49(58-37-44-13-5-1-6-14-44)51(35-42)60-39-46-17-9-3-10-18-46)57-34-33-41-21-27-48(28-22-41)62-54(56)32-26-43-24-30-50(59-38-45-15-7-2-8-16-45)52(36-43)61-40-47-19-11-4-12-20-47/h1-32,35-36H,33-34,37-40H2/b31-25+,32-26+. The molecule has 8 nitrogen and oxygen atoms in total. The van der Waals surface area contributed by atoms with Gasteiger partial charge in [-0.15, -0.1) is 0 Å². The van der Waals surface area contributed by atoms with Crippen molar-refractivity contribution in [2.75, 3.05) is 6.61 Å². The molecule has 0 N–H and O–H groups in total. The molecule has 7 aromatic carbocycles. The van der Waals surface area contributed by atoms with Crippen LogP contribution in [0.25, 0.3) is 12.2 Å². The molecule has 0 fully saturated rings. The number of ether oxygens (including phenoxy) is 6. The first kappa shape index (κ1) is 42.3. The predicted octanol–water partition coefficient (Wildman–Crippen LogP) is 11.4. The van der Waals surface area contributed by atoms with Crippen molar-refractivity contribution in [1.29, 1.82) is 0 Å². The molecule has 7 aromatic rings. The Hall–Kier alpha value is -7.84. The number of carbonyl (C=O) groups is 2. The van der Waals surface area contributed by atoms with Crippen LogP contribution in [0.2, 0.25) is 0 Å². The van der Waals surface area contributed by atoms with Gasteiger partial charge >= 0.3 is 11.9 Å². The van der Waals surface area contributed by atoms with Gasteiger partial charge in [0.2, 0.25) is 0 Å². The normalized spacial score (nSPS) is 11.0. The zero-order chi connectivity index (χ0) is 42.6. The van der Waals surface area contributed by atoms with Gasteiger partial charge in [-0.25, -0.2) is 9.59 Å². The third kappa shape index (κ3) is 13.6. The predicted molar refractivity (Wildman–Crippen MR) is 241 cm³/mol. The molecule has 7 rings (SSSR count). The second-order valence-corrected chi connectivity index (χ2v) is 14.2. The van der Waals surface area contributed by atoms with Crippen LogP contribution >= 0.6 is 0 Å². The molecule has 0 radical (unpaired) electrons. The lowest BCUT2D eigenvalue weighted by molar-refractivity contribution is -0.137. The average molecular weight is 823 g/mol. The van der Waals surface area contributed by atoms with Gasteiger partial charge in [-0.2, -0.15) is 0 Å². The maximum Gasteiger partial charge on any atom is 0.336 e. The summed E-state index contributed by atoms with van der Waals surface area (Å²) in [5.41, 5.74) is 6.56. The van der Waals surface area contributed by atoms with Crippen LogP contribution in [-0.2, 0) is 47.2 Å². The Bertz CT molecular complexity index is 2540. The summed E-state index contributed by atoms with van der Waals surface area (Å²) in [5.74, 6) is 1.73. The summed E-state index contributed by atoms with van der Waals surface area (Å²) in [6, 6.07) is 57.8. The van der Waals surface area contributed by atoms with Crippen molar-refractivity contribution in [1.82, 2.24) is 0 Å². The molecule has 0 atom stereocenters. The van der Waals surface area contributed by atoms with Crippen molar-refractivity contribution in [2.24, 2.45) is 0 Å². The van der Waals surface area contributed by atoms with E-state index in [4.69, 9.17) is 28.4 Å². The largest absolute Gasteiger partial charge is 0.485 e. The summed E-state index contributed by atoms with van der Waals surface area (Å²) in [7, 11) is 0. The van der Waals surface area contributed by atoms with Gasteiger partial charge in [0, 0.05) is 18.6 Å². The molecule has 310 valence electrons. The summed E-state index contributed by atoms with van der Waals surface area (Å²) in [6.07, 6.45) is 6.60. The van der Waals surface area contributed by atoms with E-state index >= 15 is 0 Å². The van der Waals surface area contributed by atoms with E-state index in [0.29, 0.717) is 61.6 Å². The van der Waals surface area contributed by atoms with Crippen molar-refractivity contribution in [3.63, 3.8) is 0 Å². The zero-order valence-electron chi connectivity index (χ0n) is 34.1. The van der Waals surface area contributed by atoms with Crippen LogP contribution in [-0.4, -0.2) is 18.5 Å². The first-order chi connectivity index (χ1) is 30.5. The number of rotatable bonds is 20. The lowest BCUT2D eigenvalue weighted by Gasteiger charge is -2.14. The molecule has 0 spiro atoms. The summed E-state index contributed by atoms with van der Waals surface area (Å²) >= 11 is 0. The summed E-state index contributed by atoms with van der Waals surface area (Å²) in [6.45, 7) is 1.69. The molecule has 0 aliphatic heterocycles. The molecule has 0 saturated carbocycles. The van der Waals surface area contributed by atoms with E-state index in [2.05, 4.69) is 0 Å². The average Bonchev–Trinajstić information content (AvgIpc) is 3.32. The van der Waals surface area contributed by atoms with E-state index in [9.17, 15) is 9.59 Å². The van der Waals surface area contributed by atoms with E-state index in [1.807, 2.05) is 170 Å². The SMILES string of the molecule is O=C(/C=C/c1ccc(OCc2ccccc2)c(OCc2ccccc2)c1)OCCc1ccc(OC(=O)/C=C/c2ccc(OCc3ccccc3)c(OCc3ccccc3)c2)cc1. The van der Waals surface area contributed by atoms with Crippen molar-refractivity contribution < 1.29 is 38.0 Å². The Kier molecular flexibility index (Phi) is 15.4. The van der Waals surface area contributed by atoms with Crippen LogP contribution in [0.1, 0.15) is 38.9 Å². The van der Waals surface area contributed by atoms with Gasteiger partial charge in [0.15, 0.2) is 23.0 Å². The first-order valence-corrected chi connectivity index (χ1v) is 20.3. The Morgan fingerprint density at radius 3 is 1.19 bits per heavy atom. The third-order valence-corrected chi connectivity index (χ3v) is 9.48. The fraction of sp³-hybridized carbons (Fsp3) is 0.111. The van der Waals surface area contributed by atoms with Crippen molar-refractivity contribution in [3.8, 4) is 28.7 Å². The molecule has 0 aliphatic carbocycles. The second kappa shape index (κ2) is 22.5. The van der Waals surface area contributed by atoms with E-state index in [1.165, 1.54) is 12.2 Å². The van der Waals surface area contributed by atoms with Gasteiger partial charge in [-0.3, -0.25) is 0 Å². The summed E-state index contributed by atoms with van der Waals surface area (Å²) in [4.78, 5) is 25.4. The van der Waals surface area contributed by atoms with Gasteiger partial charge in [0.1, 0.15) is 32.2 Å². The van der Waals surface area contributed by atoms with Gasteiger partial charge in [0.25, 0.3) is 0 Å². The third-order valence-electron chi connectivity index (χ3n) is 9.48. The quantitative estimate of drug-likeness (QED) is 0.0427. The van der Waals surface area contributed by atoms with Gasteiger partial charge < -0.3 is 28.4 Å². The highest BCUT2D eigenvalue weighted by Gasteiger charge is 2.11. The van der Waals surface area contributed by atoms with Crippen LogP contribution in [0.15, 0.2) is 194 Å². The molecular weight excluding hydrogens is 777 g/mol. The number of hydrogen-bond donors (Lipinski definition) is 0. The van der Waals surface area contributed by atoms with E-state index in [-0.39, 0.29) is 6.61 Å². The van der Waals surface area contributed by atoms with Crippen LogP contribution in [0, 0.1) is 0 Å². The van der Waals surface area contributed by atoms with Gasteiger partial charge in [-0.05, 0) is 87.5 Å². The van der Waals surface area contributed by atoms with E-state index in [1.54, 1.807) is 24.3 Å². The molecule has 0 aromatic heterocycles. The minimum Gasteiger partial charge on any atom is -0.485 e.